The highest BCUT2D eigenvalue weighted by atomic mass is 16.7. The minimum absolute atomic E-state index is 0.0485. The summed E-state index contributed by atoms with van der Waals surface area (Å²) in [4.78, 5) is 69.9. The third kappa shape index (κ3) is 12.3. The van der Waals surface area contributed by atoms with Crippen LogP contribution in [0.15, 0.2) is 81.7 Å². The molecule has 2 fully saturated rings. The van der Waals surface area contributed by atoms with E-state index in [1.807, 2.05) is 24.3 Å². The van der Waals surface area contributed by atoms with Crippen LogP contribution in [0.25, 0.3) is 33.3 Å². The van der Waals surface area contributed by atoms with E-state index in [1.165, 1.54) is 46.3 Å². The van der Waals surface area contributed by atoms with Crippen LogP contribution in [-0.4, -0.2) is 144 Å². The summed E-state index contributed by atoms with van der Waals surface area (Å²) in [7, 11) is 1.46. The lowest BCUT2D eigenvalue weighted by atomic mass is 9.78. The fraction of sp³-hybridized carbons (Fsp3) is 0.508. The zero-order valence-electron chi connectivity index (χ0n) is 49.0. The molecule has 6 aliphatic rings. The van der Waals surface area contributed by atoms with Crippen molar-refractivity contribution in [3.8, 4) is 28.7 Å². The molecule has 0 spiro atoms. The first-order valence-corrected chi connectivity index (χ1v) is 28.6. The van der Waals surface area contributed by atoms with E-state index in [-0.39, 0.29) is 68.1 Å². The van der Waals surface area contributed by atoms with Crippen LogP contribution < -0.4 is 30.4 Å². The second-order valence-corrected chi connectivity index (χ2v) is 23.3. The fourth-order valence-corrected chi connectivity index (χ4v) is 12.0. The third-order valence-electron chi connectivity index (χ3n) is 16.8. The number of carbonyl (C=O) groups excluding carboxylic acids is 3. The number of hydrogen-bond acceptors (Lipinski definition) is 18. The second kappa shape index (κ2) is 24.9. The molecular weight excluding hydrogens is 1050 g/mol. The van der Waals surface area contributed by atoms with Crippen molar-refractivity contribution in [2.24, 2.45) is 29.6 Å². The smallest absolute Gasteiger partial charge is 0.312 e. The van der Waals surface area contributed by atoms with Gasteiger partial charge in [-0.1, -0.05) is 84.0 Å². The predicted octanol–water partition coefficient (Wildman–Crippen LogP) is 7.71. The van der Waals surface area contributed by atoms with Crippen molar-refractivity contribution >= 4 is 50.9 Å². The van der Waals surface area contributed by atoms with Crippen molar-refractivity contribution in [2.75, 3.05) is 76.2 Å². The van der Waals surface area contributed by atoms with Gasteiger partial charge < -0.3 is 59.0 Å². The van der Waals surface area contributed by atoms with E-state index in [2.05, 4.69) is 51.3 Å². The number of nitrogens with zero attached hydrogens (tertiary/aromatic N) is 4. The average Bonchev–Trinajstić information content (AvgIpc) is 3.33. The largest absolute Gasteiger partial charge is 0.507 e. The summed E-state index contributed by atoms with van der Waals surface area (Å²) in [6, 6.07) is 12.1. The first-order valence-electron chi connectivity index (χ1n) is 28.6. The molecule has 1 aliphatic carbocycles. The molecule has 440 valence electrons. The number of anilines is 2. The topological polar surface area (TPSA) is 235 Å². The molecule has 0 saturated carbocycles. The molecule has 5 N–H and O–H groups in total. The van der Waals surface area contributed by atoms with Crippen LogP contribution in [0.5, 0.6) is 17.2 Å². The number of aromatic hydroxyl groups is 1. The van der Waals surface area contributed by atoms with E-state index in [9.17, 15) is 24.9 Å². The van der Waals surface area contributed by atoms with Gasteiger partial charge in [0.1, 0.15) is 41.1 Å². The van der Waals surface area contributed by atoms with Gasteiger partial charge in [-0.3, -0.25) is 29.0 Å². The molecule has 0 unspecified atom stereocenters. The molecule has 2 saturated heterocycles. The summed E-state index contributed by atoms with van der Waals surface area (Å²) in [5, 5.41) is 41.4. The molecule has 5 heterocycles. The van der Waals surface area contributed by atoms with Gasteiger partial charge in [0, 0.05) is 144 Å². The lowest BCUT2D eigenvalue weighted by Crippen LogP contribution is -2.47. The summed E-state index contributed by atoms with van der Waals surface area (Å²) in [6.45, 7) is 25.9. The van der Waals surface area contributed by atoms with E-state index < -0.39 is 82.7 Å². The predicted molar refractivity (Wildman–Crippen MR) is 313 cm³/mol. The Hall–Kier alpha value is -6.87. The number of methoxy groups -OCH3 is 1. The number of nitrogens with one attached hydrogen (secondary N) is 2. The molecule has 3 aromatic rings. The Morgan fingerprint density at radius 1 is 0.902 bits per heavy atom. The Morgan fingerprint density at radius 2 is 1.62 bits per heavy atom. The number of aliphatic hydroxyl groups is 2. The quantitative estimate of drug-likeness (QED) is 0.0512. The number of esters is 1. The molecule has 9 atom stereocenters. The highest BCUT2D eigenvalue weighted by Gasteiger charge is 2.50. The van der Waals surface area contributed by atoms with Gasteiger partial charge in [-0.15, -0.1) is 0 Å². The lowest BCUT2D eigenvalue weighted by molar-refractivity contribution is -0.160. The van der Waals surface area contributed by atoms with Crippen LogP contribution >= 0.6 is 0 Å². The maximum atomic E-state index is 15.3. The zero-order valence-corrected chi connectivity index (χ0v) is 49.0. The number of fused-ring (bicyclic) bond motifs is 2. The molecule has 4 bridgehead atoms. The highest BCUT2D eigenvalue weighted by Crippen LogP contribution is 2.51. The first-order chi connectivity index (χ1) is 39.1. The summed E-state index contributed by atoms with van der Waals surface area (Å²) in [5.74, 6) is -6.56. The first kappa shape index (κ1) is 59.7. The maximum absolute atomic E-state index is 15.3. The van der Waals surface area contributed by atoms with Gasteiger partial charge in [-0.25, -0.2) is 4.98 Å². The van der Waals surface area contributed by atoms with Crippen molar-refractivity contribution in [1.82, 2.24) is 20.1 Å². The van der Waals surface area contributed by atoms with Gasteiger partial charge >= 0.3 is 11.8 Å². The zero-order chi connectivity index (χ0) is 58.9. The maximum Gasteiger partial charge on any atom is 0.312 e. The Balaban J connectivity index is 1.23. The Morgan fingerprint density at radius 3 is 2.32 bits per heavy atom. The number of benzene rings is 4. The van der Waals surface area contributed by atoms with Crippen molar-refractivity contribution in [2.45, 2.75) is 113 Å². The monoisotopic (exact) mass is 1130 g/mol. The normalized spacial score (nSPS) is 27.8. The van der Waals surface area contributed by atoms with Crippen LogP contribution in [0.2, 0.25) is 0 Å². The van der Waals surface area contributed by atoms with Gasteiger partial charge in [-0.2, -0.15) is 0 Å². The van der Waals surface area contributed by atoms with Gasteiger partial charge in [0.15, 0.2) is 17.1 Å². The number of allylic oxidation sites excluding steroid dienone is 2. The van der Waals surface area contributed by atoms with E-state index in [4.69, 9.17) is 33.1 Å². The number of aliphatic hydroxyl groups excluding tert-OH is 2. The van der Waals surface area contributed by atoms with Gasteiger partial charge in [0.25, 0.3) is 11.7 Å². The number of Topliss-reactive ketones (excluding diaryl/α,β-unsaturated/α-hetero) is 1. The summed E-state index contributed by atoms with van der Waals surface area (Å²) in [5.41, 5.74) is 2.21. The number of phenols is 1. The van der Waals surface area contributed by atoms with Crippen LogP contribution in [0.1, 0.15) is 89.4 Å². The molecule has 82 heavy (non-hydrogen) atoms. The number of piperazine rings is 2. The summed E-state index contributed by atoms with van der Waals surface area (Å²) in [6.07, 6.45) is 3.62. The molecule has 5 aliphatic heterocycles. The molecule has 0 radical (unpaired) electrons. The van der Waals surface area contributed by atoms with Crippen LogP contribution in [0.3, 0.4) is 0 Å². The van der Waals surface area contributed by atoms with Crippen molar-refractivity contribution in [3.05, 3.63) is 105 Å². The molecule has 19 nitrogen and oxygen atoms in total. The Kier molecular flexibility index (Phi) is 18.2. The number of hydrogen-bond donors (Lipinski definition) is 5. The molecule has 0 aromatic heterocycles. The Labute approximate surface area is 479 Å². The molecule has 19 heteroatoms. The van der Waals surface area contributed by atoms with Crippen molar-refractivity contribution in [1.29, 1.82) is 0 Å². The number of ether oxygens (including phenoxy) is 5. The van der Waals surface area contributed by atoms with E-state index >= 15 is 9.59 Å². The van der Waals surface area contributed by atoms with Crippen LogP contribution in [0.4, 0.5) is 11.4 Å². The molecule has 1 amide bonds. The van der Waals surface area contributed by atoms with Crippen molar-refractivity contribution in [3.63, 3.8) is 0 Å². The average molecular weight is 1130 g/mol. The standard InChI is InChI=1S/C63H80N6O13/c1-34(2)31-68-23-25-69(26-24-68)44-29-46(78-33-43-17-13-16-42(28-43)32-67-21-19-64-20-22-67)51-47(30-44)81-60-52(65-51)48-49-56(73)40(8)59-50(48)61(75)63(10,82-59)79-27-18-45(77-11)37(5)58(80-41(9)70)39(7)55(72)38(6)54(71)35(3)14-12-15-36(4)62(76)66-53(60)57(49)74/h12-18,27-30,34-35,37-39,45,54-55,58,64,71-73H,19-26,31-33H2,1-11H3,(H,66,76)/b14-12+,27-18+,36-15-/t35-,37+,38+,39+,45-,54-,55+,58+,63-/m0/s1. The number of carbonyl (C=O) groups is 3. The molecule has 3 aromatic carbocycles. The highest BCUT2D eigenvalue weighted by molar-refractivity contribution is 6.22. The van der Waals surface area contributed by atoms with E-state index in [0.717, 1.165) is 69.2 Å². The summed E-state index contributed by atoms with van der Waals surface area (Å²) >= 11 is 0. The molecular formula is C63H80N6O13. The number of rotatable bonds is 10. The Bertz CT molecular complexity index is 3320. The number of amides is 1. The molecule has 9 rings (SSSR count). The number of aromatic nitrogens is 1. The third-order valence-corrected chi connectivity index (χ3v) is 16.8. The van der Waals surface area contributed by atoms with Gasteiger partial charge in [0.2, 0.25) is 5.43 Å². The van der Waals surface area contributed by atoms with Crippen molar-refractivity contribution < 1.29 is 57.8 Å². The van der Waals surface area contributed by atoms with Crippen LogP contribution in [-0.2, 0) is 37.0 Å². The minimum atomic E-state index is -2.09. The SMILES string of the molecule is CO[C@H]1/C=C/O[C@@]2(C)Oc3c(C)c(O)c4c(=O)c(c5oc6cc(N7CCN(CC(C)C)CC7)cc(OCc7cccc(CN8CCNCC8)c7)c6nc-5c4c3C2=O)NC(=O)/C(C)=C\C=C\[C@H](C)[C@H](O)[C@@H](C)[C@@H](O)[C@@H](C)[C@H](OC(C)=O)[C@@H]1C. The summed E-state index contributed by atoms with van der Waals surface area (Å²) < 4.78 is 38.1. The fourth-order valence-electron chi connectivity index (χ4n) is 12.0. The number of ketones is 1. The van der Waals surface area contributed by atoms with E-state index in [1.54, 1.807) is 46.8 Å². The van der Waals surface area contributed by atoms with Gasteiger partial charge in [0.05, 0.1) is 35.5 Å². The lowest BCUT2D eigenvalue weighted by Gasteiger charge is -2.38. The van der Waals surface area contributed by atoms with Crippen LogP contribution in [0, 0.1) is 36.5 Å². The second-order valence-electron chi connectivity index (χ2n) is 23.3. The van der Waals surface area contributed by atoms with Gasteiger partial charge in [-0.05, 0) is 37.0 Å². The minimum Gasteiger partial charge on any atom is -0.507 e. The number of phenolic OH excluding ortho intramolecular Hbond substituents is 1. The van der Waals surface area contributed by atoms with E-state index in [0.29, 0.717) is 24.8 Å².